The molecule has 0 bridgehead atoms. The summed E-state index contributed by atoms with van der Waals surface area (Å²) in [6.07, 6.45) is -4.47. The molecule has 0 radical (unpaired) electrons. The second-order valence-corrected chi connectivity index (χ2v) is 12.2. The number of halogens is 5. The Labute approximate surface area is 307 Å². The zero-order valence-electron chi connectivity index (χ0n) is 28.5. The Morgan fingerprint density at radius 1 is 0.882 bits per heavy atom. The lowest BCUT2D eigenvalue weighted by Gasteiger charge is -2.53. The zero-order chi connectivity index (χ0) is 34.5. The van der Waals surface area contributed by atoms with Crippen molar-refractivity contribution in [2.75, 3.05) is 60.7 Å². The van der Waals surface area contributed by atoms with Crippen LogP contribution in [0.5, 0.6) is 11.5 Å². The molecule has 2 aliphatic heterocycles. The van der Waals surface area contributed by atoms with Gasteiger partial charge in [0.05, 0.1) is 32.8 Å². The van der Waals surface area contributed by atoms with E-state index in [0.29, 0.717) is 68.3 Å². The molecule has 11 nitrogen and oxygen atoms in total. The summed E-state index contributed by atoms with van der Waals surface area (Å²) >= 11 is 0. The number of hydrogen-bond donors (Lipinski definition) is 0. The summed E-state index contributed by atoms with van der Waals surface area (Å²) < 4.78 is 58.9. The average Bonchev–Trinajstić information content (AvgIpc) is 3.62. The lowest BCUT2D eigenvalue weighted by atomic mass is 9.81. The number of carbonyl (C=O) groups is 1. The number of rotatable bonds is 11. The number of carbonyl (C=O) groups excluding carboxylic acids is 1. The molecular formula is C35H42Cl2F3N7O4. The molecule has 2 aliphatic rings. The maximum Gasteiger partial charge on any atom is 0.453 e. The fourth-order valence-electron chi connectivity index (χ4n) is 7.25. The van der Waals surface area contributed by atoms with E-state index in [1.165, 1.54) is 31.4 Å². The summed E-state index contributed by atoms with van der Waals surface area (Å²) in [5, 5.41) is 10.2. The number of tetrazole rings is 1. The number of piperazine rings is 2. The van der Waals surface area contributed by atoms with Crippen molar-refractivity contribution in [2.24, 2.45) is 0 Å². The van der Waals surface area contributed by atoms with E-state index in [0.717, 1.165) is 0 Å². The maximum absolute atomic E-state index is 13.9. The third-order valence-corrected chi connectivity index (χ3v) is 9.40. The molecule has 1 aromatic heterocycles. The first-order valence-corrected chi connectivity index (χ1v) is 16.2. The summed E-state index contributed by atoms with van der Waals surface area (Å²) in [7, 11) is 4.51. The highest BCUT2D eigenvalue weighted by atomic mass is 35.5. The monoisotopic (exact) mass is 751 g/mol. The van der Waals surface area contributed by atoms with Crippen molar-refractivity contribution in [1.82, 2.24) is 34.9 Å². The minimum Gasteiger partial charge on any atom is -0.496 e. The van der Waals surface area contributed by atoms with Crippen molar-refractivity contribution in [3.8, 4) is 17.2 Å². The van der Waals surface area contributed by atoms with Gasteiger partial charge in [0, 0.05) is 64.4 Å². The Hall–Kier alpha value is -3.95. The first-order valence-electron chi connectivity index (χ1n) is 16.2. The number of amides is 1. The fraction of sp³-hybridized carbons (Fsp3) is 0.429. The van der Waals surface area contributed by atoms with E-state index in [1.807, 2.05) is 41.3 Å². The van der Waals surface area contributed by atoms with Crippen molar-refractivity contribution in [1.29, 1.82) is 0 Å². The Kier molecular flexibility index (Phi) is 13.7. The van der Waals surface area contributed by atoms with Crippen molar-refractivity contribution >= 4 is 30.7 Å². The van der Waals surface area contributed by atoms with Crippen molar-refractivity contribution in [2.45, 2.75) is 37.1 Å². The topological polar surface area (TPSA) is 98.1 Å². The highest BCUT2D eigenvalue weighted by Crippen LogP contribution is 2.40. The van der Waals surface area contributed by atoms with Gasteiger partial charge in [-0.05, 0) is 33.7 Å². The van der Waals surface area contributed by atoms with Gasteiger partial charge in [0.25, 0.3) is 5.82 Å². The molecule has 276 valence electrons. The minimum absolute atomic E-state index is 0. The Balaban J connectivity index is 0.00000292. The SMILES string of the molecule is COCCC(=O)N1CCN2C(CN(Cc3c(OC)ccc(-n4nnnc4C(F)(F)F)c3OC)CC2C(c2ccccc2)c2ccccc2)C1.Cl.Cl. The molecule has 16 heteroatoms. The summed E-state index contributed by atoms with van der Waals surface area (Å²) in [6.45, 7) is 3.77. The van der Waals surface area contributed by atoms with E-state index in [4.69, 9.17) is 14.2 Å². The summed E-state index contributed by atoms with van der Waals surface area (Å²) in [5.74, 6) is -0.558. The third-order valence-electron chi connectivity index (χ3n) is 9.40. The van der Waals surface area contributed by atoms with Gasteiger partial charge >= 0.3 is 6.18 Å². The van der Waals surface area contributed by atoms with E-state index in [-0.39, 0.29) is 60.2 Å². The molecule has 6 rings (SSSR count). The van der Waals surface area contributed by atoms with Crippen molar-refractivity contribution < 1.29 is 32.2 Å². The lowest BCUT2D eigenvalue weighted by Crippen LogP contribution is -2.67. The van der Waals surface area contributed by atoms with Gasteiger partial charge in [0.1, 0.15) is 11.4 Å². The summed E-state index contributed by atoms with van der Waals surface area (Å²) in [4.78, 5) is 19.9. The van der Waals surface area contributed by atoms with E-state index >= 15 is 0 Å². The van der Waals surface area contributed by atoms with Crippen LogP contribution in [0, 0.1) is 0 Å². The highest BCUT2D eigenvalue weighted by Gasteiger charge is 2.44. The van der Waals surface area contributed by atoms with Gasteiger partial charge in [-0.25, -0.2) is 0 Å². The molecule has 4 aromatic rings. The number of alkyl halides is 3. The van der Waals surface area contributed by atoms with Crippen LogP contribution in [0.4, 0.5) is 13.2 Å². The standard InChI is InChI=1S/C35H40F3N7O4.2ClH/c1-47-19-16-31(46)43-17-18-44-26(21-43)20-42(23-29(44)32(24-10-6-4-7-11-24)25-12-8-5-9-13-25)22-27-30(48-2)15-14-28(33(27)49-3)45-34(35(36,37)38)39-40-41-45;;/h4-15,26,29,32H,16-23H2,1-3H3;2*1H. The van der Waals surface area contributed by atoms with Crippen molar-refractivity contribution in [3.05, 3.63) is 95.3 Å². The Morgan fingerprint density at radius 2 is 1.55 bits per heavy atom. The molecule has 51 heavy (non-hydrogen) atoms. The highest BCUT2D eigenvalue weighted by molar-refractivity contribution is 5.85. The predicted molar refractivity (Wildman–Crippen MR) is 189 cm³/mol. The molecule has 0 saturated carbocycles. The molecule has 2 atom stereocenters. The molecule has 2 unspecified atom stereocenters. The van der Waals surface area contributed by atoms with E-state index < -0.39 is 12.0 Å². The van der Waals surface area contributed by atoms with Gasteiger partial charge in [-0.1, -0.05) is 60.7 Å². The van der Waals surface area contributed by atoms with Gasteiger partial charge in [-0.2, -0.15) is 17.9 Å². The quantitative estimate of drug-likeness (QED) is 0.207. The molecule has 1 amide bonds. The maximum atomic E-state index is 13.9. The molecule has 3 heterocycles. The first-order chi connectivity index (χ1) is 23.7. The van der Waals surface area contributed by atoms with Gasteiger partial charge < -0.3 is 19.1 Å². The number of fused-ring (bicyclic) bond motifs is 1. The number of benzene rings is 3. The lowest BCUT2D eigenvalue weighted by molar-refractivity contribution is -0.146. The van der Waals surface area contributed by atoms with Crippen LogP contribution < -0.4 is 9.47 Å². The molecule has 2 saturated heterocycles. The van der Waals surface area contributed by atoms with Crippen LogP contribution in [-0.4, -0.2) is 114 Å². The molecule has 0 N–H and O–H groups in total. The predicted octanol–water partition coefficient (Wildman–Crippen LogP) is 5.11. The molecular weight excluding hydrogens is 710 g/mol. The van der Waals surface area contributed by atoms with Crippen LogP contribution in [0.25, 0.3) is 5.69 Å². The smallest absolute Gasteiger partial charge is 0.453 e. The number of methoxy groups -OCH3 is 3. The Bertz CT molecular complexity index is 1680. The number of ether oxygens (including phenoxy) is 3. The first kappa shape index (κ1) is 39.8. The van der Waals surface area contributed by atoms with Gasteiger partial charge in [0.15, 0.2) is 5.75 Å². The summed E-state index contributed by atoms with van der Waals surface area (Å²) in [5.41, 5.74) is 2.96. The van der Waals surface area contributed by atoms with Crippen LogP contribution in [0.15, 0.2) is 72.8 Å². The average molecular weight is 753 g/mol. The van der Waals surface area contributed by atoms with Gasteiger partial charge in [0.2, 0.25) is 5.91 Å². The van der Waals surface area contributed by atoms with Crippen molar-refractivity contribution in [3.63, 3.8) is 0 Å². The summed E-state index contributed by atoms with van der Waals surface area (Å²) in [6, 6.07) is 23.9. The Morgan fingerprint density at radius 3 is 2.14 bits per heavy atom. The van der Waals surface area contributed by atoms with E-state index in [1.54, 1.807) is 13.2 Å². The fourth-order valence-corrected chi connectivity index (χ4v) is 7.25. The largest absolute Gasteiger partial charge is 0.496 e. The zero-order valence-corrected chi connectivity index (χ0v) is 30.2. The number of aromatic nitrogens is 4. The molecule has 0 aliphatic carbocycles. The van der Waals surface area contributed by atoms with Crippen LogP contribution in [0.1, 0.15) is 34.9 Å². The third kappa shape index (κ3) is 8.58. The van der Waals surface area contributed by atoms with Crippen LogP contribution in [0.3, 0.4) is 0 Å². The van der Waals surface area contributed by atoms with Crippen LogP contribution >= 0.6 is 24.8 Å². The second kappa shape index (κ2) is 17.5. The van der Waals surface area contributed by atoms with E-state index in [9.17, 15) is 18.0 Å². The number of hydrogen-bond acceptors (Lipinski definition) is 9. The van der Waals surface area contributed by atoms with Gasteiger partial charge in [-0.15, -0.1) is 29.9 Å². The van der Waals surface area contributed by atoms with E-state index in [2.05, 4.69) is 49.6 Å². The molecule has 3 aromatic carbocycles. The molecule has 2 fully saturated rings. The molecule has 0 spiro atoms. The van der Waals surface area contributed by atoms with Crippen LogP contribution in [0.2, 0.25) is 0 Å². The normalized spacial score (nSPS) is 18.1. The number of nitrogens with zero attached hydrogens (tertiary/aromatic N) is 7. The van der Waals surface area contributed by atoms with Crippen LogP contribution in [-0.2, 0) is 22.3 Å². The second-order valence-electron chi connectivity index (χ2n) is 12.2. The minimum atomic E-state index is -4.78. The van der Waals surface area contributed by atoms with Gasteiger partial charge in [-0.3, -0.25) is 14.6 Å².